The summed E-state index contributed by atoms with van der Waals surface area (Å²) < 4.78 is 5.03. The average molecular weight is 285 g/mol. The second-order valence-corrected chi connectivity index (χ2v) is 4.24. The number of phenolic OH excluding ortho intramolecular Hbond substituents is 1. The summed E-state index contributed by atoms with van der Waals surface area (Å²) >= 11 is 0. The number of nitrogens with zero attached hydrogens (tertiary/aromatic N) is 2. The topological polar surface area (TPSA) is 83.8 Å². The number of phenols is 1. The van der Waals surface area contributed by atoms with Crippen LogP contribution in [0.15, 0.2) is 47.7 Å². The van der Waals surface area contributed by atoms with Crippen molar-refractivity contribution in [3.63, 3.8) is 0 Å². The fraction of sp³-hybridized carbons (Fsp3) is 0.133. The van der Waals surface area contributed by atoms with Gasteiger partial charge in [-0.05, 0) is 37.3 Å². The van der Waals surface area contributed by atoms with Crippen molar-refractivity contribution in [3.05, 3.63) is 53.9 Å². The SMILES string of the molecule is COc1cc(/C(C)=N/NC(=O)c2ccccn2)ccc1O. The number of carbonyl (C=O) groups excluding carboxylic acids is 1. The molecule has 2 N–H and O–H groups in total. The number of aromatic hydroxyl groups is 1. The van der Waals surface area contributed by atoms with Gasteiger partial charge in [-0.2, -0.15) is 5.10 Å². The number of amides is 1. The molecule has 0 bridgehead atoms. The number of benzene rings is 1. The van der Waals surface area contributed by atoms with Crippen molar-refractivity contribution in [2.45, 2.75) is 6.92 Å². The Morgan fingerprint density at radius 1 is 1.33 bits per heavy atom. The average Bonchev–Trinajstić information content (AvgIpc) is 2.53. The quantitative estimate of drug-likeness (QED) is 0.664. The lowest BCUT2D eigenvalue weighted by Crippen LogP contribution is -2.20. The molecule has 1 amide bonds. The summed E-state index contributed by atoms with van der Waals surface area (Å²) in [5.41, 5.74) is 4.03. The molecule has 1 aromatic carbocycles. The van der Waals surface area contributed by atoms with Gasteiger partial charge < -0.3 is 9.84 Å². The number of pyridine rings is 1. The fourth-order valence-corrected chi connectivity index (χ4v) is 1.66. The van der Waals surface area contributed by atoms with Gasteiger partial charge in [-0.15, -0.1) is 0 Å². The van der Waals surface area contributed by atoms with E-state index < -0.39 is 0 Å². The van der Waals surface area contributed by atoms with E-state index >= 15 is 0 Å². The van der Waals surface area contributed by atoms with Gasteiger partial charge in [-0.25, -0.2) is 5.43 Å². The van der Waals surface area contributed by atoms with Crippen LogP contribution in [0.5, 0.6) is 11.5 Å². The molecule has 0 saturated carbocycles. The molecule has 0 unspecified atom stereocenters. The number of hydrazone groups is 1. The zero-order valence-corrected chi connectivity index (χ0v) is 11.7. The van der Waals surface area contributed by atoms with Crippen molar-refractivity contribution in [3.8, 4) is 11.5 Å². The number of hydrogen-bond donors (Lipinski definition) is 2. The Morgan fingerprint density at radius 3 is 2.81 bits per heavy atom. The van der Waals surface area contributed by atoms with E-state index in [1.54, 1.807) is 37.3 Å². The Kier molecular flexibility index (Phi) is 4.50. The number of aromatic nitrogens is 1. The van der Waals surface area contributed by atoms with Crippen molar-refractivity contribution in [1.82, 2.24) is 10.4 Å². The van der Waals surface area contributed by atoms with Crippen LogP contribution in [0.3, 0.4) is 0 Å². The van der Waals surface area contributed by atoms with E-state index in [-0.39, 0.29) is 17.4 Å². The van der Waals surface area contributed by atoms with Gasteiger partial charge in [0.25, 0.3) is 5.91 Å². The van der Waals surface area contributed by atoms with Gasteiger partial charge in [-0.3, -0.25) is 9.78 Å². The lowest BCUT2D eigenvalue weighted by Gasteiger charge is -2.06. The van der Waals surface area contributed by atoms with E-state index in [1.807, 2.05) is 0 Å². The Labute approximate surface area is 122 Å². The van der Waals surface area contributed by atoms with Crippen LogP contribution in [-0.2, 0) is 0 Å². The van der Waals surface area contributed by atoms with Gasteiger partial charge in [0, 0.05) is 11.8 Å². The third-order valence-electron chi connectivity index (χ3n) is 2.82. The summed E-state index contributed by atoms with van der Waals surface area (Å²) in [5, 5.41) is 13.6. The molecule has 0 saturated heterocycles. The number of ether oxygens (including phenoxy) is 1. The van der Waals surface area contributed by atoms with Crippen molar-refractivity contribution in [1.29, 1.82) is 0 Å². The largest absolute Gasteiger partial charge is 0.504 e. The normalized spacial score (nSPS) is 11.0. The molecule has 21 heavy (non-hydrogen) atoms. The summed E-state index contributed by atoms with van der Waals surface area (Å²) in [5.74, 6) is 0.00497. The third-order valence-corrected chi connectivity index (χ3v) is 2.82. The maximum absolute atomic E-state index is 11.8. The van der Waals surface area contributed by atoms with Crippen LogP contribution in [0.2, 0.25) is 0 Å². The van der Waals surface area contributed by atoms with Gasteiger partial charge in [0.2, 0.25) is 0 Å². The molecule has 0 fully saturated rings. The molecule has 6 nitrogen and oxygen atoms in total. The Hall–Kier alpha value is -2.89. The molecule has 0 aliphatic rings. The summed E-state index contributed by atoms with van der Waals surface area (Å²) in [4.78, 5) is 15.7. The minimum atomic E-state index is -0.388. The zero-order valence-electron chi connectivity index (χ0n) is 11.7. The van der Waals surface area contributed by atoms with Crippen molar-refractivity contribution in [2.24, 2.45) is 5.10 Å². The summed E-state index contributed by atoms with van der Waals surface area (Å²) in [6.45, 7) is 1.74. The molecule has 0 aliphatic carbocycles. The monoisotopic (exact) mass is 285 g/mol. The first-order valence-electron chi connectivity index (χ1n) is 6.25. The lowest BCUT2D eigenvalue weighted by atomic mass is 10.1. The van der Waals surface area contributed by atoms with Crippen molar-refractivity contribution < 1.29 is 14.6 Å². The first kappa shape index (κ1) is 14.5. The predicted molar refractivity (Wildman–Crippen MR) is 78.6 cm³/mol. The van der Waals surface area contributed by atoms with Crippen LogP contribution in [0.4, 0.5) is 0 Å². The molecule has 1 heterocycles. The standard InChI is InChI=1S/C15H15N3O3/c1-10(11-6-7-13(19)14(9-11)21-2)17-18-15(20)12-5-3-4-8-16-12/h3-9,19H,1-2H3,(H,18,20)/b17-10+. The van der Waals surface area contributed by atoms with Gasteiger partial charge in [0.05, 0.1) is 12.8 Å². The third kappa shape index (κ3) is 3.56. The van der Waals surface area contributed by atoms with Crippen molar-refractivity contribution >= 4 is 11.6 Å². The Balaban J connectivity index is 2.13. The molecule has 2 rings (SSSR count). The second-order valence-electron chi connectivity index (χ2n) is 4.24. The van der Waals surface area contributed by atoms with Gasteiger partial charge in [0.15, 0.2) is 11.5 Å². The minimum absolute atomic E-state index is 0.0478. The van der Waals surface area contributed by atoms with Crippen LogP contribution in [0, 0.1) is 0 Å². The zero-order chi connectivity index (χ0) is 15.2. The van der Waals surface area contributed by atoms with E-state index in [0.29, 0.717) is 11.5 Å². The van der Waals surface area contributed by atoms with Crippen LogP contribution in [-0.4, -0.2) is 28.8 Å². The van der Waals surface area contributed by atoms with Crippen molar-refractivity contribution in [2.75, 3.05) is 7.11 Å². The van der Waals surface area contributed by atoms with Gasteiger partial charge in [-0.1, -0.05) is 6.07 Å². The summed E-state index contributed by atoms with van der Waals surface area (Å²) in [6.07, 6.45) is 1.54. The molecule has 0 spiro atoms. The van der Waals surface area contributed by atoms with E-state index in [2.05, 4.69) is 15.5 Å². The highest BCUT2D eigenvalue weighted by molar-refractivity contribution is 6.00. The molecular formula is C15H15N3O3. The molecule has 6 heteroatoms. The van der Waals surface area contributed by atoms with E-state index in [9.17, 15) is 9.90 Å². The molecule has 0 atom stereocenters. The first-order chi connectivity index (χ1) is 10.1. The van der Waals surface area contributed by atoms with Gasteiger partial charge in [0.1, 0.15) is 5.69 Å². The van der Waals surface area contributed by atoms with Crippen LogP contribution in [0.25, 0.3) is 0 Å². The highest BCUT2D eigenvalue weighted by Crippen LogP contribution is 2.26. The molecular weight excluding hydrogens is 270 g/mol. The molecule has 0 radical (unpaired) electrons. The summed E-state index contributed by atoms with van der Waals surface area (Å²) in [7, 11) is 1.47. The number of methoxy groups -OCH3 is 1. The number of nitrogens with one attached hydrogen (secondary N) is 1. The smallest absolute Gasteiger partial charge is 0.289 e. The predicted octanol–water partition coefficient (Wildman–Crippen LogP) is 1.95. The fourth-order valence-electron chi connectivity index (χ4n) is 1.66. The maximum atomic E-state index is 11.8. The van der Waals surface area contributed by atoms with Crippen LogP contribution in [0.1, 0.15) is 23.0 Å². The Bertz CT molecular complexity index is 669. The van der Waals surface area contributed by atoms with Crippen LogP contribution >= 0.6 is 0 Å². The van der Waals surface area contributed by atoms with Gasteiger partial charge >= 0.3 is 0 Å². The molecule has 1 aromatic heterocycles. The Morgan fingerprint density at radius 2 is 2.14 bits per heavy atom. The number of carbonyl (C=O) groups is 1. The number of hydrogen-bond acceptors (Lipinski definition) is 5. The number of rotatable bonds is 4. The molecule has 2 aromatic rings. The lowest BCUT2D eigenvalue weighted by molar-refractivity contribution is 0.0950. The minimum Gasteiger partial charge on any atom is -0.504 e. The van der Waals surface area contributed by atoms with E-state index in [4.69, 9.17) is 4.74 Å². The second kappa shape index (κ2) is 6.51. The first-order valence-corrected chi connectivity index (χ1v) is 6.25. The van der Waals surface area contributed by atoms with E-state index in [0.717, 1.165) is 5.56 Å². The van der Waals surface area contributed by atoms with Crippen LogP contribution < -0.4 is 10.2 Å². The highest BCUT2D eigenvalue weighted by atomic mass is 16.5. The molecule has 108 valence electrons. The highest BCUT2D eigenvalue weighted by Gasteiger charge is 2.07. The summed E-state index contributed by atoms with van der Waals surface area (Å²) in [6, 6.07) is 9.89. The maximum Gasteiger partial charge on any atom is 0.289 e. The molecule has 0 aliphatic heterocycles. The van der Waals surface area contributed by atoms with E-state index in [1.165, 1.54) is 19.4 Å².